The lowest BCUT2D eigenvalue weighted by Crippen LogP contribution is -2.72. The lowest BCUT2D eigenvalue weighted by atomic mass is 9.33. The van der Waals surface area contributed by atoms with Gasteiger partial charge >= 0.3 is 11.9 Å². The average Bonchev–Trinajstić information content (AvgIpc) is 0.667. The SMILES string of the molecule is CC[Si](CC)(CC)OCC1O[C@@H](OC2C(O[C@@H]3OCC(O[Si](CC)(CC)CC)C(O[Si](CC)(CC)CC)C3O[Si](CC)(CC)CC)C(O[Si](CC)(CC)CC)C(C(=O)O)O[C@H]2O[C@H]2CCC3(C)C(CCC4(C)C3CC=C3C5CC(C)(C)CC[C@]5(C(=O)O)C(O[Si](CC)(CC)CC)CC34C)C2(C)C=O)C(O[Si](CC)(CC)CC)C(O[Si](CC)(CC)CC)C1O[Si](CC)(CC)CC. The first-order valence-electron chi connectivity index (χ1n) is 54.1. The molecule has 0 amide bonds. The van der Waals surface area contributed by atoms with Crippen LogP contribution in [0.5, 0.6) is 0 Å². The van der Waals surface area contributed by atoms with E-state index in [-0.39, 0.29) is 41.8 Å². The summed E-state index contributed by atoms with van der Waals surface area (Å²) in [5, 5.41) is 24.7. The van der Waals surface area contributed by atoms with E-state index >= 15 is 9.59 Å². The van der Waals surface area contributed by atoms with Crippen LogP contribution in [0.25, 0.3) is 0 Å². The van der Waals surface area contributed by atoms with Crippen LogP contribution in [0.2, 0.25) is 163 Å². The topological polar surface area (TPSA) is 230 Å². The number of hydrogen-bond donors (Lipinski definition) is 2. The molecule has 20 nitrogen and oxygen atoms in total. The van der Waals surface area contributed by atoms with E-state index in [0.717, 1.165) is 171 Å². The van der Waals surface area contributed by atoms with Gasteiger partial charge in [0.1, 0.15) is 61.2 Å². The van der Waals surface area contributed by atoms with Crippen LogP contribution in [0.1, 0.15) is 286 Å². The van der Waals surface area contributed by atoms with Crippen molar-refractivity contribution in [2.75, 3.05) is 13.2 Å². The maximum absolute atomic E-state index is 15.7. The highest BCUT2D eigenvalue weighted by Crippen LogP contribution is 2.77. The van der Waals surface area contributed by atoms with Gasteiger partial charge in [-0.1, -0.05) is 240 Å². The van der Waals surface area contributed by atoms with E-state index in [4.69, 9.17) is 68.3 Å². The van der Waals surface area contributed by atoms with Crippen LogP contribution >= 0.6 is 0 Å². The molecule has 0 bridgehead atoms. The molecule has 8 aliphatic rings. The van der Waals surface area contributed by atoms with E-state index in [1.807, 2.05) is 0 Å². The summed E-state index contributed by atoms with van der Waals surface area (Å²) in [6.45, 7) is 75.9. The summed E-state index contributed by atoms with van der Waals surface area (Å²) >= 11 is 0. The minimum Gasteiger partial charge on any atom is -0.481 e. The molecule has 3 saturated heterocycles. The molecule has 2 N–H and O–H groups in total. The van der Waals surface area contributed by atoms with Crippen LogP contribution < -0.4 is 0 Å². The highest BCUT2D eigenvalue weighted by Gasteiger charge is 2.74. The van der Waals surface area contributed by atoms with E-state index in [1.54, 1.807) is 0 Å². The summed E-state index contributed by atoms with van der Waals surface area (Å²) < 4.78 is 121. The van der Waals surface area contributed by atoms with Crippen molar-refractivity contribution < 1.29 is 92.9 Å². The first-order valence-corrected chi connectivity index (χ1v) is 76.9. The normalized spacial score (nSPS) is 34.9. The third-order valence-electron chi connectivity index (χ3n) is 39.6. The van der Waals surface area contributed by atoms with Gasteiger partial charge in [0.05, 0.1) is 42.4 Å². The minimum atomic E-state index is -2.96. The van der Waals surface area contributed by atoms with Gasteiger partial charge in [0.2, 0.25) is 0 Å². The summed E-state index contributed by atoms with van der Waals surface area (Å²) in [6.07, 6.45) is -6.24. The molecular weight excluding hydrogens is 1790 g/mol. The fourth-order valence-corrected chi connectivity index (χ4v) is 52.8. The van der Waals surface area contributed by atoms with Crippen LogP contribution in [0, 0.1) is 50.2 Å². The Morgan fingerprint density at radius 1 is 0.392 bits per heavy atom. The van der Waals surface area contributed by atoms with Crippen molar-refractivity contribution in [1.82, 2.24) is 0 Å². The number of hydrogen-bond acceptors (Lipinski definition) is 18. The third-order valence-corrected chi connectivity index (χ3v) is 81.4. The molecule has 8 rings (SSSR count). The Kier molecular flexibility index (Phi) is 41.8. The van der Waals surface area contributed by atoms with Crippen molar-refractivity contribution in [3.05, 3.63) is 11.6 Å². The Balaban J connectivity index is 1.47. The van der Waals surface area contributed by atoms with E-state index in [1.165, 1.54) is 11.9 Å². The summed E-state index contributed by atoms with van der Waals surface area (Å²) in [6, 6.07) is 23.1. The van der Waals surface area contributed by atoms with Crippen LogP contribution in [-0.4, -0.2) is 215 Å². The molecule has 3 aliphatic heterocycles. The van der Waals surface area contributed by atoms with Gasteiger partial charge in [0.25, 0.3) is 0 Å². The number of aldehydes is 1. The predicted molar refractivity (Wildman–Crippen MR) is 551 cm³/mol. The Morgan fingerprint density at radius 2 is 0.785 bits per heavy atom. The zero-order valence-corrected chi connectivity index (χ0v) is 98.2. The van der Waals surface area contributed by atoms with Crippen molar-refractivity contribution in [2.45, 2.75) is 548 Å². The molecule has 0 spiro atoms. The summed E-state index contributed by atoms with van der Waals surface area (Å²) in [5.74, 6) is -2.27. The van der Waals surface area contributed by atoms with Crippen LogP contribution in [0.15, 0.2) is 11.6 Å². The zero-order valence-electron chi connectivity index (χ0n) is 89.2. The molecule has 0 aromatic carbocycles. The minimum absolute atomic E-state index is 0.0677. The molecule has 758 valence electrons. The van der Waals surface area contributed by atoms with Gasteiger partial charge in [-0.05, 0) is 260 Å². The van der Waals surface area contributed by atoms with Crippen molar-refractivity contribution >= 4 is 93.1 Å². The van der Waals surface area contributed by atoms with Crippen LogP contribution in [0.4, 0.5) is 0 Å². The van der Waals surface area contributed by atoms with Crippen molar-refractivity contribution in [3.63, 3.8) is 0 Å². The van der Waals surface area contributed by atoms with E-state index in [2.05, 4.69) is 235 Å². The number of allylic oxidation sites excluding steroid dienone is 2. The molecule has 7 fully saturated rings. The molecule has 0 aromatic rings. The number of carboxylic acid groups (broad SMARTS) is 2. The van der Waals surface area contributed by atoms with Crippen molar-refractivity contribution in [1.29, 1.82) is 0 Å². The lowest BCUT2D eigenvalue weighted by molar-refractivity contribution is -0.387. The monoisotopic (exact) mass is 1980 g/mol. The van der Waals surface area contributed by atoms with Gasteiger partial charge in [-0.3, -0.25) is 4.79 Å². The number of rotatable bonds is 55. The molecular formula is C101H198O20Si9. The highest BCUT2D eigenvalue weighted by atomic mass is 28.4. The van der Waals surface area contributed by atoms with Crippen LogP contribution in [-0.2, 0) is 82.6 Å². The quantitative estimate of drug-likeness (QED) is 0.0249. The van der Waals surface area contributed by atoms with E-state index < -0.39 is 207 Å². The van der Waals surface area contributed by atoms with Crippen LogP contribution in [0.3, 0.4) is 0 Å². The zero-order chi connectivity index (χ0) is 97.1. The van der Waals surface area contributed by atoms with E-state index in [0.29, 0.717) is 50.2 Å². The molecule has 0 radical (unpaired) electrons. The average molecular weight is 1990 g/mol. The summed E-state index contributed by atoms with van der Waals surface area (Å²) in [4.78, 5) is 45.9. The largest absolute Gasteiger partial charge is 0.481 e. The van der Waals surface area contributed by atoms with Gasteiger partial charge in [-0.15, -0.1) is 0 Å². The molecule has 130 heavy (non-hydrogen) atoms. The van der Waals surface area contributed by atoms with Gasteiger partial charge in [-0.2, -0.15) is 0 Å². The molecule has 24 atom stereocenters. The predicted octanol–water partition coefficient (Wildman–Crippen LogP) is 26.9. The summed E-state index contributed by atoms with van der Waals surface area (Å²) in [5.41, 5.74) is -2.16. The standard InChI is InChI=1S/C101H198O20Si9/c1-34-122(35-2,36-3)108-72-76-82(116-125(43-10,44-11)45-12)85(118-127(49-16,50-17)51-18)90(121-130(58-25,59-26)60-27)94(109-76)113-88-84(111-92-89(120-129(55-22,56-23)57-24)83(117-126(46-13,47-14)48-15)77(71-107-92)114-123(37-4,38-5)39-6)86(119-128(52-19,53-20)54-21)87(91(103)104)112-93(88)110-80-64-65-97(30)78(98(80,31)73-102)63-66-99(32)79(97)62-61-74-75-69-96(28,29)67-68-101(75,95(105)106)81(70-100(74,99)33)115-124(40-7,41-8)42-9/h61,73,75-90,92-94H,34-60,62-72H2,1-33H3,(H,103,104)(H,105,106)/t75?,76?,77?,78?,79?,80-,81?,82?,83?,84?,85?,86?,87?,88?,89?,90?,92-,93+,94-,97?,98?,99?,100?,101+/m0/s1. The van der Waals surface area contributed by atoms with Gasteiger partial charge < -0.3 is 83.3 Å². The Bertz CT molecular complexity index is 3460. The summed E-state index contributed by atoms with van der Waals surface area (Å²) in [7, 11) is -23.5. The Morgan fingerprint density at radius 3 is 1.22 bits per heavy atom. The van der Waals surface area contributed by atoms with Crippen molar-refractivity contribution in [3.8, 4) is 0 Å². The van der Waals surface area contributed by atoms with Gasteiger partial charge in [0.15, 0.2) is 99.8 Å². The number of ether oxygens (including phenoxy) is 6. The molecule has 0 aromatic heterocycles. The highest BCUT2D eigenvalue weighted by molar-refractivity contribution is 6.77. The number of aliphatic carboxylic acids is 2. The molecule has 3 heterocycles. The van der Waals surface area contributed by atoms with Crippen molar-refractivity contribution in [2.24, 2.45) is 50.2 Å². The number of carboxylic acids is 2. The fourth-order valence-electron chi connectivity index (χ4n) is 27.4. The Labute approximate surface area is 803 Å². The lowest BCUT2D eigenvalue weighted by Gasteiger charge is -2.72. The third kappa shape index (κ3) is 22.2. The molecule has 4 saturated carbocycles. The second-order valence-electron chi connectivity index (χ2n) is 43.9. The first-order chi connectivity index (χ1) is 61.5. The Hall–Kier alpha value is -0.298. The molecule has 19 unspecified atom stereocenters. The maximum atomic E-state index is 15.7. The first kappa shape index (κ1) is 115. The van der Waals surface area contributed by atoms with E-state index in [9.17, 15) is 15.0 Å². The smallest absolute Gasteiger partial charge is 0.335 e. The molecule has 5 aliphatic carbocycles. The fraction of sp³-hybridized carbons (Fsp3) is 0.950. The maximum Gasteiger partial charge on any atom is 0.335 e. The second kappa shape index (κ2) is 47.3. The number of carbonyl (C=O) groups excluding carboxylic acids is 1. The second-order valence-corrected chi connectivity index (χ2v) is 86.4. The van der Waals surface area contributed by atoms with Gasteiger partial charge in [-0.25, -0.2) is 4.79 Å². The number of fused-ring (bicyclic) bond motifs is 7. The van der Waals surface area contributed by atoms with Gasteiger partial charge in [0, 0.05) is 0 Å². The molecule has 29 heteroatoms. The number of carbonyl (C=O) groups is 3.